The lowest BCUT2D eigenvalue weighted by Gasteiger charge is -2.47. The third kappa shape index (κ3) is 3.29. The predicted molar refractivity (Wildman–Crippen MR) is 100 cm³/mol. The number of nitrogens with zero attached hydrogens (tertiary/aromatic N) is 2. The van der Waals surface area contributed by atoms with Gasteiger partial charge in [0.1, 0.15) is 0 Å². The Morgan fingerprint density at radius 1 is 1.08 bits per heavy atom. The molecule has 1 aromatic rings. The summed E-state index contributed by atoms with van der Waals surface area (Å²) in [4.78, 5) is 14.7. The molecule has 0 N–H and O–H groups in total. The highest BCUT2D eigenvalue weighted by molar-refractivity contribution is 7.89. The van der Waals surface area contributed by atoms with E-state index in [-0.39, 0.29) is 5.41 Å². The molecule has 6 heteroatoms. The smallest absolute Gasteiger partial charge is 0.243 e. The molecule has 1 saturated carbocycles. The van der Waals surface area contributed by atoms with Gasteiger partial charge in [-0.05, 0) is 61.6 Å². The van der Waals surface area contributed by atoms with Crippen molar-refractivity contribution in [3.05, 3.63) is 29.8 Å². The molecule has 0 aromatic heterocycles. The summed E-state index contributed by atoms with van der Waals surface area (Å²) in [6.45, 7) is 4.01. The summed E-state index contributed by atoms with van der Waals surface area (Å²) in [6, 6.07) is 7.72. The zero-order valence-electron chi connectivity index (χ0n) is 15.5. The summed E-state index contributed by atoms with van der Waals surface area (Å²) in [5.41, 5.74) is 1.27. The molecule has 0 radical (unpaired) electrons. The third-order valence-corrected chi connectivity index (χ3v) is 8.35. The molecular weight excluding hydrogens is 348 g/mol. The maximum atomic E-state index is 13.0. The van der Waals surface area contributed by atoms with Crippen LogP contribution in [0.25, 0.3) is 0 Å². The summed E-state index contributed by atoms with van der Waals surface area (Å²) in [6.07, 6.45) is 6.43. The molecule has 2 aliphatic heterocycles. The van der Waals surface area contributed by atoms with Crippen LogP contribution in [-0.2, 0) is 21.2 Å². The zero-order valence-corrected chi connectivity index (χ0v) is 16.3. The van der Waals surface area contributed by atoms with Gasteiger partial charge in [0.2, 0.25) is 15.9 Å². The summed E-state index contributed by atoms with van der Waals surface area (Å²) in [5.74, 6) is 0.296. The van der Waals surface area contributed by atoms with Crippen LogP contribution in [0.3, 0.4) is 0 Å². The first-order valence-corrected chi connectivity index (χ1v) is 11.3. The number of hydrogen-bond acceptors (Lipinski definition) is 3. The lowest BCUT2D eigenvalue weighted by atomic mass is 9.72. The van der Waals surface area contributed by atoms with E-state index >= 15 is 0 Å². The molecule has 142 valence electrons. The van der Waals surface area contributed by atoms with Crippen molar-refractivity contribution in [3.8, 4) is 0 Å². The van der Waals surface area contributed by atoms with Crippen LogP contribution >= 0.6 is 0 Å². The molecule has 4 rings (SSSR count). The van der Waals surface area contributed by atoms with Crippen LogP contribution in [0, 0.1) is 5.41 Å². The van der Waals surface area contributed by atoms with E-state index in [1.807, 2.05) is 12.1 Å². The van der Waals surface area contributed by atoms with Gasteiger partial charge in [0.05, 0.1) is 4.90 Å². The average molecular weight is 377 g/mol. The van der Waals surface area contributed by atoms with E-state index in [4.69, 9.17) is 0 Å². The van der Waals surface area contributed by atoms with E-state index in [0.29, 0.717) is 36.4 Å². The van der Waals surface area contributed by atoms with E-state index in [2.05, 4.69) is 11.8 Å². The van der Waals surface area contributed by atoms with E-state index in [1.165, 1.54) is 0 Å². The summed E-state index contributed by atoms with van der Waals surface area (Å²) in [5, 5.41) is 0. The molecule has 2 heterocycles. The first-order chi connectivity index (χ1) is 12.4. The number of sulfonamides is 1. The number of rotatable bonds is 4. The average Bonchev–Trinajstić information content (AvgIpc) is 3.49. The number of aryl methyl sites for hydroxylation is 1. The number of carbonyl (C=O) groups is 1. The van der Waals surface area contributed by atoms with Gasteiger partial charge in [0, 0.05) is 32.1 Å². The van der Waals surface area contributed by atoms with Gasteiger partial charge in [0.15, 0.2) is 0 Å². The first kappa shape index (κ1) is 18.0. The quantitative estimate of drug-likeness (QED) is 0.812. The molecule has 26 heavy (non-hydrogen) atoms. The molecule has 5 nitrogen and oxygen atoms in total. The molecule has 3 aliphatic rings. The van der Waals surface area contributed by atoms with E-state index in [0.717, 1.165) is 50.6 Å². The van der Waals surface area contributed by atoms with Crippen molar-refractivity contribution in [2.24, 2.45) is 5.41 Å². The SMILES string of the molecule is CCc1ccc(S(=O)(=O)N2CCC3(CCC(=O)N(C4CC4)C3)CC2)cc1. The van der Waals surface area contributed by atoms with Crippen molar-refractivity contribution in [1.82, 2.24) is 9.21 Å². The maximum absolute atomic E-state index is 13.0. The van der Waals surface area contributed by atoms with Crippen LogP contribution in [-0.4, -0.2) is 49.2 Å². The highest BCUT2D eigenvalue weighted by Gasteiger charge is 2.46. The lowest BCUT2D eigenvalue weighted by Crippen LogP contribution is -2.52. The minimum absolute atomic E-state index is 0.120. The number of likely N-dealkylation sites (tertiary alicyclic amines) is 1. The van der Waals surface area contributed by atoms with Crippen molar-refractivity contribution in [2.45, 2.75) is 62.8 Å². The lowest BCUT2D eigenvalue weighted by molar-refractivity contribution is -0.139. The Balaban J connectivity index is 1.44. The number of amides is 1. The summed E-state index contributed by atoms with van der Waals surface area (Å²) in [7, 11) is -3.42. The number of carbonyl (C=O) groups excluding carboxylic acids is 1. The Labute approximate surface area is 156 Å². The van der Waals surface area contributed by atoms with Crippen LogP contribution in [0.15, 0.2) is 29.2 Å². The first-order valence-electron chi connectivity index (χ1n) is 9.82. The van der Waals surface area contributed by atoms with Crippen LogP contribution in [0.1, 0.15) is 51.0 Å². The molecular formula is C20H28N2O3S. The molecule has 1 aliphatic carbocycles. The number of piperidine rings is 2. The largest absolute Gasteiger partial charge is 0.339 e. The fraction of sp³-hybridized carbons (Fsp3) is 0.650. The summed E-state index contributed by atoms with van der Waals surface area (Å²) < 4.78 is 27.5. The number of hydrogen-bond donors (Lipinski definition) is 0. The zero-order chi connectivity index (χ0) is 18.4. The maximum Gasteiger partial charge on any atom is 0.243 e. The van der Waals surface area contributed by atoms with E-state index in [9.17, 15) is 13.2 Å². The minimum atomic E-state index is -3.42. The van der Waals surface area contributed by atoms with Gasteiger partial charge in [0.25, 0.3) is 0 Å². The Hall–Kier alpha value is -1.40. The van der Waals surface area contributed by atoms with Gasteiger partial charge >= 0.3 is 0 Å². The van der Waals surface area contributed by atoms with Crippen molar-refractivity contribution >= 4 is 15.9 Å². The Morgan fingerprint density at radius 3 is 2.31 bits per heavy atom. The Bertz CT molecular complexity index is 776. The summed E-state index contributed by atoms with van der Waals surface area (Å²) >= 11 is 0. The molecule has 2 saturated heterocycles. The highest BCUT2D eigenvalue weighted by Crippen LogP contribution is 2.44. The molecule has 1 aromatic carbocycles. The minimum Gasteiger partial charge on any atom is -0.339 e. The van der Waals surface area contributed by atoms with Gasteiger partial charge < -0.3 is 4.90 Å². The number of benzene rings is 1. The molecule has 0 unspecified atom stereocenters. The van der Waals surface area contributed by atoms with Crippen molar-refractivity contribution in [1.29, 1.82) is 0 Å². The normalized spacial score (nSPS) is 24.2. The third-order valence-electron chi connectivity index (χ3n) is 6.44. The van der Waals surface area contributed by atoms with Crippen molar-refractivity contribution in [2.75, 3.05) is 19.6 Å². The Morgan fingerprint density at radius 2 is 1.73 bits per heavy atom. The molecule has 1 spiro atoms. The van der Waals surface area contributed by atoms with Crippen LogP contribution in [0.5, 0.6) is 0 Å². The standard InChI is InChI=1S/C20H28N2O3S/c1-2-16-3-7-18(8-4-16)26(24,25)21-13-11-20(12-14-21)10-9-19(23)22(15-20)17-5-6-17/h3-4,7-8,17H,2,5-6,9-15H2,1H3. The van der Waals surface area contributed by atoms with Crippen LogP contribution in [0.4, 0.5) is 0 Å². The molecule has 3 fully saturated rings. The highest BCUT2D eigenvalue weighted by atomic mass is 32.2. The topological polar surface area (TPSA) is 57.7 Å². The fourth-order valence-corrected chi connectivity index (χ4v) is 5.86. The Kier molecular flexibility index (Phi) is 4.59. The van der Waals surface area contributed by atoms with Crippen LogP contribution in [0.2, 0.25) is 0 Å². The monoisotopic (exact) mass is 376 g/mol. The van der Waals surface area contributed by atoms with E-state index in [1.54, 1.807) is 16.4 Å². The molecule has 1 amide bonds. The predicted octanol–water partition coefficient (Wildman–Crippen LogP) is 2.80. The van der Waals surface area contributed by atoms with E-state index < -0.39 is 10.0 Å². The second-order valence-corrected chi connectivity index (χ2v) is 10.1. The second-order valence-electron chi connectivity index (χ2n) is 8.15. The van der Waals surface area contributed by atoms with Crippen LogP contribution < -0.4 is 0 Å². The van der Waals surface area contributed by atoms with Crippen molar-refractivity contribution in [3.63, 3.8) is 0 Å². The second kappa shape index (κ2) is 6.64. The van der Waals surface area contributed by atoms with Gasteiger partial charge in [-0.15, -0.1) is 0 Å². The van der Waals surface area contributed by atoms with Gasteiger partial charge in [-0.3, -0.25) is 4.79 Å². The fourth-order valence-electron chi connectivity index (χ4n) is 4.42. The van der Waals surface area contributed by atoms with Crippen molar-refractivity contribution < 1.29 is 13.2 Å². The molecule has 0 atom stereocenters. The molecule has 0 bridgehead atoms. The van der Waals surface area contributed by atoms with Gasteiger partial charge in [-0.2, -0.15) is 4.31 Å². The van der Waals surface area contributed by atoms with Gasteiger partial charge in [-0.25, -0.2) is 8.42 Å². The van der Waals surface area contributed by atoms with Gasteiger partial charge in [-0.1, -0.05) is 19.1 Å².